The number of benzene rings is 2. The number of ether oxygens (including phenoxy) is 1. The molecule has 1 aromatic heterocycles. The largest absolute Gasteiger partial charge is 0.494 e. The summed E-state index contributed by atoms with van der Waals surface area (Å²) in [6, 6.07) is 13.8. The number of aryl methyl sites for hydroxylation is 1. The van der Waals surface area contributed by atoms with Gasteiger partial charge in [-0.2, -0.15) is 0 Å². The van der Waals surface area contributed by atoms with Crippen LogP contribution in [0.1, 0.15) is 17.0 Å². The lowest BCUT2D eigenvalue weighted by molar-refractivity contribution is 0.416. The number of rotatable bonds is 4. The number of hydrogen-bond donors (Lipinski definition) is 0. The number of aromatic nitrogens is 1. The summed E-state index contributed by atoms with van der Waals surface area (Å²) in [6.45, 7) is 4.01. The summed E-state index contributed by atoms with van der Waals surface area (Å²) in [5.41, 5.74) is 4.62. The Labute approximate surface area is 151 Å². The van der Waals surface area contributed by atoms with Crippen LogP contribution in [0.15, 0.2) is 53.5 Å². The van der Waals surface area contributed by atoms with E-state index in [-0.39, 0.29) is 5.82 Å². The van der Waals surface area contributed by atoms with Crippen LogP contribution in [0, 0.1) is 19.7 Å². The molecule has 3 nitrogen and oxygen atoms in total. The second-order valence-electron chi connectivity index (χ2n) is 5.71. The molecule has 0 unspecified atom stereocenters. The minimum absolute atomic E-state index is 0.249. The standard InChI is InChI=1S/C20H18ClFN2O/c1-13-10-15(12-23-19-11-16(21)4-9-20(19)25-3)14(2)24(13)18-7-5-17(22)6-8-18/h4-12H,1-3H3. The highest BCUT2D eigenvalue weighted by Gasteiger charge is 2.10. The average molecular weight is 357 g/mol. The molecule has 2 aromatic carbocycles. The summed E-state index contributed by atoms with van der Waals surface area (Å²) in [6.07, 6.45) is 1.79. The van der Waals surface area contributed by atoms with Crippen molar-refractivity contribution in [3.05, 3.63) is 76.3 Å². The molecule has 0 fully saturated rings. The van der Waals surface area contributed by atoms with Crippen molar-refractivity contribution in [3.8, 4) is 11.4 Å². The van der Waals surface area contributed by atoms with Crippen LogP contribution >= 0.6 is 11.6 Å². The first-order valence-corrected chi connectivity index (χ1v) is 8.20. The zero-order valence-electron chi connectivity index (χ0n) is 14.3. The van der Waals surface area contributed by atoms with E-state index in [0.29, 0.717) is 16.5 Å². The van der Waals surface area contributed by atoms with Gasteiger partial charge in [0.25, 0.3) is 0 Å². The predicted octanol–water partition coefficient (Wildman–Crippen LogP) is 5.65. The first kappa shape index (κ1) is 17.2. The molecule has 0 N–H and O–H groups in total. The van der Waals surface area contributed by atoms with Crippen molar-refractivity contribution in [1.82, 2.24) is 4.57 Å². The van der Waals surface area contributed by atoms with Gasteiger partial charge in [0.2, 0.25) is 0 Å². The van der Waals surface area contributed by atoms with Gasteiger partial charge in [0.1, 0.15) is 17.3 Å². The molecule has 0 aliphatic heterocycles. The Kier molecular flexibility index (Phi) is 4.91. The van der Waals surface area contributed by atoms with Crippen molar-refractivity contribution in [3.63, 3.8) is 0 Å². The minimum atomic E-state index is -0.249. The highest BCUT2D eigenvalue weighted by Crippen LogP contribution is 2.30. The van der Waals surface area contributed by atoms with E-state index in [4.69, 9.17) is 16.3 Å². The number of hydrogen-bond acceptors (Lipinski definition) is 2. The van der Waals surface area contributed by atoms with E-state index in [9.17, 15) is 4.39 Å². The normalized spacial score (nSPS) is 11.2. The van der Waals surface area contributed by atoms with Crippen LogP contribution in [-0.2, 0) is 0 Å². The minimum Gasteiger partial charge on any atom is -0.494 e. The average Bonchev–Trinajstić information content (AvgIpc) is 2.88. The fraction of sp³-hybridized carbons (Fsp3) is 0.150. The van der Waals surface area contributed by atoms with Crippen LogP contribution in [0.5, 0.6) is 5.75 Å². The number of nitrogens with zero attached hydrogens (tertiary/aromatic N) is 2. The summed E-state index contributed by atoms with van der Waals surface area (Å²) in [5, 5.41) is 0.602. The van der Waals surface area contributed by atoms with Crippen LogP contribution in [0.3, 0.4) is 0 Å². The van der Waals surface area contributed by atoms with Crippen molar-refractivity contribution < 1.29 is 9.13 Å². The lowest BCUT2D eigenvalue weighted by Gasteiger charge is -2.09. The second kappa shape index (κ2) is 7.11. The maximum absolute atomic E-state index is 13.2. The van der Waals surface area contributed by atoms with Gasteiger partial charge < -0.3 is 9.30 Å². The molecule has 0 aliphatic rings. The van der Waals surface area contributed by atoms with Gasteiger partial charge in [0, 0.05) is 33.9 Å². The van der Waals surface area contributed by atoms with Crippen LogP contribution in [0.2, 0.25) is 5.02 Å². The molecule has 0 amide bonds. The van der Waals surface area contributed by atoms with E-state index in [1.807, 2.05) is 19.9 Å². The third kappa shape index (κ3) is 3.59. The Balaban J connectivity index is 1.98. The monoisotopic (exact) mass is 356 g/mol. The van der Waals surface area contributed by atoms with Gasteiger partial charge in [0.05, 0.1) is 7.11 Å². The molecule has 0 radical (unpaired) electrons. The summed E-state index contributed by atoms with van der Waals surface area (Å²) >= 11 is 6.04. The molecular weight excluding hydrogens is 339 g/mol. The third-order valence-electron chi connectivity index (χ3n) is 4.04. The maximum atomic E-state index is 13.2. The number of aliphatic imine (C=N–C) groups is 1. The van der Waals surface area contributed by atoms with Gasteiger partial charge in [-0.1, -0.05) is 11.6 Å². The van der Waals surface area contributed by atoms with Crippen LogP contribution in [0.25, 0.3) is 5.69 Å². The second-order valence-corrected chi connectivity index (χ2v) is 6.15. The van der Waals surface area contributed by atoms with E-state index in [0.717, 1.165) is 22.6 Å². The molecule has 1 heterocycles. The molecular formula is C20H18ClFN2O. The van der Waals surface area contributed by atoms with Crippen LogP contribution in [-0.4, -0.2) is 17.9 Å². The summed E-state index contributed by atoms with van der Waals surface area (Å²) in [7, 11) is 1.60. The topological polar surface area (TPSA) is 26.5 Å². The summed E-state index contributed by atoms with van der Waals surface area (Å²) in [5.74, 6) is 0.411. The smallest absolute Gasteiger partial charge is 0.144 e. The number of halogens is 2. The molecule has 0 bridgehead atoms. The van der Waals surface area contributed by atoms with Crippen molar-refractivity contribution in [1.29, 1.82) is 0 Å². The summed E-state index contributed by atoms with van der Waals surface area (Å²) < 4.78 is 20.5. The van der Waals surface area contributed by atoms with Gasteiger partial charge in [-0.15, -0.1) is 0 Å². The molecule has 5 heteroatoms. The molecule has 0 spiro atoms. The zero-order chi connectivity index (χ0) is 18.0. The molecule has 128 valence electrons. The highest BCUT2D eigenvalue weighted by atomic mass is 35.5. The maximum Gasteiger partial charge on any atom is 0.144 e. The SMILES string of the molecule is COc1ccc(Cl)cc1N=Cc1cc(C)n(-c2ccc(F)cc2)c1C. The Morgan fingerprint density at radius 1 is 1.08 bits per heavy atom. The molecule has 25 heavy (non-hydrogen) atoms. The van der Waals surface area contributed by atoms with E-state index in [1.54, 1.807) is 43.7 Å². The molecule has 0 aliphatic carbocycles. The Morgan fingerprint density at radius 3 is 2.48 bits per heavy atom. The lowest BCUT2D eigenvalue weighted by atomic mass is 10.2. The number of methoxy groups -OCH3 is 1. The molecule has 0 saturated carbocycles. The summed E-state index contributed by atoms with van der Waals surface area (Å²) in [4.78, 5) is 4.52. The molecule has 0 saturated heterocycles. The molecule has 0 atom stereocenters. The van der Waals surface area contributed by atoms with E-state index >= 15 is 0 Å². The Hall–Kier alpha value is -2.59. The van der Waals surface area contributed by atoms with Gasteiger partial charge in [-0.25, -0.2) is 4.39 Å². The van der Waals surface area contributed by atoms with Crippen molar-refractivity contribution >= 4 is 23.5 Å². The fourth-order valence-corrected chi connectivity index (χ4v) is 2.98. The van der Waals surface area contributed by atoms with Crippen molar-refractivity contribution in [2.24, 2.45) is 4.99 Å². The van der Waals surface area contributed by atoms with E-state index in [2.05, 4.69) is 9.56 Å². The Morgan fingerprint density at radius 2 is 1.80 bits per heavy atom. The predicted molar refractivity (Wildman–Crippen MR) is 100 cm³/mol. The molecule has 3 rings (SSSR count). The van der Waals surface area contributed by atoms with E-state index < -0.39 is 0 Å². The fourth-order valence-electron chi connectivity index (χ4n) is 2.81. The van der Waals surface area contributed by atoms with E-state index in [1.165, 1.54) is 12.1 Å². The van der Waals surface area contributed by atoms with Crippen LogP contribution in [0.4, 0.5) is 10.1 Å². The third-order valence-corrected chi connectivity index (χ3v) is 4.27. The highest BCUT2D eigenvalue weighted by molar-refractivity contribution is 6.30. The van der Waals surface area contributed by atoms with Crippen molar-refractivity contribution in [2.45, 2.75) is 13.8 Å². The first-order chi connectivity index (χ1) is 12.0. The van der Waals surface area contributed by atoms with Crippen molar-refractivity contribution in [2.75, 3.05) is 7.11 Å². The van der Waals surface area contributed by atoms with Gasteiger partial charge in [-0.3, -0.25) is 4.99 Å². The van der Waals surface area contributed by atoms with Crippen LogP contribution < -0.4 is 4.74 Å². The lowest BCUT2D eigenvalue weighted by Crippen LogP contribution is -1.99. The zero-order valence-corrected chi connectivity index (χ0v) is 15.0. The van der Waals surface area contributed by atoms with Gasteiger partial charge >= 0.3 is 0 Å². The molecule has 3 aromatic rings. The first-order valence-electron chi connectivity index (χ1n) is 7.82. The van der Waals surface area contributed by atoms with Gasteiger partial charge in [-0.05, 0) is 62.4 Å². The quantitative estimate of drug-likeness (QED) is 0.555. The Bertz CT molecular complexity index is 930. The van der Waals surface area contributed by atoms with Gasteiger partial charge in [0.15, 0.2) is 0 Å².